The van der Waals surface area contributed by atoms with Crippen molar-refractivity contribution in [3.8, 4) is 12.1 Å². The van der Waals surface area contributed by atoms with E-state index in [1.165, 1.54) is 24.3 Å². The quantitative estimate of drug-likeness (QED) is 0.0499. The molecule has 1 rings (SSSR count). The summed E-state index contributed by atoms with van der Waals surface area (Å²) in [7, 11) is -3.60. The molecule has 294 valence electrons. The van der Waals surface area contributed by atoms with E-state index in [0.29, 0.717) is 144 Å². The van der Waals surface area contributed by atoms with Gasteiger partial charge in [0.15, 0.2) is 0 Å². The summed E-state index contributed by atoms with van der Waals surface area (Å²) in [5.74, 6) is -1.07. The molecule has 18 heteroatoms. The number of aliphatic hydroxyl groups excluding tert-OH is 1. The maximum absolute atomic E-state index is 12.6. The number of aliphatic hydroxyl groups is 1. The van der Waals surface area contributed by atoms with Gasteiger partial charge < -0.3 is 71.9 Å². The van der Waals surface area contributed by atoms with Crippen LogP contribution in [0.3, 0.4) is 0 Å². The van der Waals surface area contributed by atoms with Gasteiger partial charge >= 0.3 is 13.5 Å². The molecule has 0 radical (unpaired) electrons. The number of rotatable bonds is 39. The Labute approximate surface area is 300 Å². The number of terminal acetylenes is 1. The normalized spacial score (nSPS) is 12.5. The monoisotopic (exact) mass is 753 g/mol. The third-order valence-corrected chi connectivity index (χ3v) is 7.47. The van der Waals surface area contributed by atoms with E-state index in [4.69, 9.17) is 73.3 Å². The van der Waals surface area contributed by atoms with Crippen molar-refractivity contribution in [3.63, 3.8) is 0 Å². The van der Waals surface area contributed by atoms with Gasteiger partial charge in [0.25, 0.3) is 0 Å². The average molecular weight is 754 g/mol. The molecule has 17 nitrogen and oxygen atoms in total. The maximum Gasteiger partial charge on any atom is 0.367 e. The minimum atomic E-state index is -3.60. The number of benzene rings is 1. The fraction of sp³-hybridized carbons (Fsp3) is 0.727. The number of carboxylic acids is 1. The van der Waals surface area contributed by atoms with E-state index in [1.807, 2.05) is 0 Å². The molecule has 1 aromatic rings. The molecule has 0 heterocycles. The van der Waals surface area contributed by atoms with Crippen LogP contribution in [0.4, 0.5) is 5.69 Å². The molecule has 0 saturated carbocycles. The highest BCUT2D eigenvalue weighted by Crippen LogP contribution is 2.45. The van der Waals surface area contributed by atoms with E-state index < -0.39 is 13.5 Å². The molecule has 0 aliphatic heterocycles. The van der Waals surface area contributed by atoms with Crippen LogP contribution in [0.15, 0.2) is 24.3 Å². The van der Waals surface area contributed by atoms with E-state index in [9.17, 15) is 9.36 Å². The van der Waals surface area contributed by atoms with Crippen LogP contribution in [0.2, 0.25) is 0 Å². The predicted molar refractivity (Wildman–Crippen MR) is 186 cm³/mol. The smallest absolute Gasteiger partial charge is 0.367 e. The van der Waals surface area contributed by atoms with Crippen LogP contribution in [0.25, 0.3) is 0 Å². The van der Waals surface area contributed by atoms with Crippen molar-refractivity contribution in [2.75, 3.05) is 164 Å². The lowest BCUT2D eigenvalue weighted by atomic mass is 10.2. The van der Waals surface area contributed by atoms with Gasteiger partial charge in [-0.25, -0.2) is 4.79 Å². The van der Waals surface area contributed by atoms with Gasteiger partial charge in [-0.1, -0.05) is 0 Å². The van der Waals surface area contributed by atoms with Gasteiger partial charge in [0.1, 0.15) is 0 Å². The SMILES string of the molecule is C#CP(=O)(Nc1ccc(C(=O)O)cc1)OCCOCCOCCOCCOCCOCCOCCOCCOCCOCCOCCOCCO. The Hall–Kier alpha value is -2.24. The van der Waals surface area contributed by atoms with Crippen molar-refractivity contribution in [1.82, 2.24) is 0 Å². The zero-order chi connectivity index (χ0) is 36.9. The highest BCUT2D eigenvalue weighted by molar-refractivity contribution is 7.65. The molecule has 0 aliphatic carbocycles. The van der Waals surface area contributed by atoms with E-state index >= 15 is 0 Å². The fourth-order valence-corrected chi connectivity index (χ4v) is 4.57. The first-order chi connectivity index (χ1) is 25.0. The lowest BCUT2D eigenvalue weighted by molar-refractivity contribution is -0.0280. The standard InChI is InChI=1S/C33H56NO16P/c1-2-51(38,34-32-5-3-31(4-6-32)33(36)37)50-30-29-49-28-27-48-26-25-47-24-23-46-22-21-45-20-19-44-18-17-43-16-15-42-14-13-41-12-11-40-10-9-39-8-7-35/h1,3-6,35H,7-30H2,(H,34,38)(H,36,37). The van der Waals surface area contributed by atoms with Crippen molar-refractivity contribution in [2.24, 2.45) is 0 Å². The minimum absolute atomic E-state index is 0.000805. The van der Waals surface area contributed by atoms with Crippen LogP contribution < -0.4 is 5.09 Å². The number of anilines is 1. The number of nitrogens with one attached hydrogen (secondary N) is 1. The Balaban J connectivity index is 1.74. The van der Waals surface area contributed by atoms with E-state index in [0.717, 1.165) is 0 Å². The number of ether oxygens (including phenoxy) is 11. The van der Waals surface area contributed by atoms with Crippen LogP contribution in [0.5, 0.6) is 0 Å². The molecular formula is C33H56NO16P. The van der Waals surface area contributed by atoms with Gasteiger partial charge in [-0.05, 0) is 24.3 Å². The van der Waals surface area contributed by atoms with E-state index in [2.05, 4.69) is 10.7 Å². The number of hydrogen-bond donors (Lipinski definition) is 3. The second-order valence-electron chi connectivity index (χ2n) is 9.97. The highest BCUT2D eigenvalue weighted by atomic mass is 31.2. The molecule has 51 heavy (non-hydrogen) atoms. The maximum atomic E-state index is 12.6. The van der Waals surface area contributed by atoms with Crippen molar-refractivity contribution < 1.29 is 76.2 Å². The molecular weight excluding hydrogens is 697 g/mol. The van der Waals surface area contributed by atoms with Crippen molar-refractivity contribution in [2.45, 2.75) is 0 Å². The Morgan fingerprint density at radius 3 is 1.06 bits per heavy atom. The Bertz CT molecular complexity index is 1030. The van der Waals surface area contributed by atoms with Crippen LogP contribution in [-0.2, 0) is 61.2 Å². The molecule has 1 aromatic carbocycles. The molecule has 0 bridgehead atoms. The zero-order valence-electron chi connectivity index (χ0n) is 29.4. The van der Waals surface area contributed by atoms with Crippen LogP contribution in [0.1, 0.15) is 10.4 Å². The molecule has 0 aromatic heterocycles. The van der Waals surface area contributed by atoms with Crippen molar-refractivity contribution in [3.05, 3.63) is 29.8 Å². The summed E-state index contributed by atoms with van der Waals surface area (Å²) in [4.78, 5) is 10.9. The topological polar surface area (TPSA) is 197 Å². The average Bonchev–Trinajstić information content (AvgIpc) is 3.13. The lowest BCUT2D eigenvalue weighted by Gasteiger charge is -2.15. The highest BCUT2D eigenvalue weighted by Gasteiger charge is 2.20. The Morgan fingerprint density at radius 1 is 0.529 bits per heavy atom. The third kappa shape index (κ3) is 30.0. The van der Waals surface area contributed by atoms with Gasteiger partial charge in [-0.3, -0.25) is 4.57 Å². The Morgan fingerprint density at radius 2 is 0.804 bits per heavy atom. The second kappa shape index (κ2) is 34.8. The van der Waals surface area contributed by atoms with Crippen LogP contribution >= 0.6 is 7.52 Å². The predicted octanol–water partition coefficient (Wildman–Crippen LogP) is 1.77. The van der Waals surface area contributed by atoms with Crippen LogP contribution in [0, 0.1) is 12.1 Å². The largest absolute Gasteiger partial charge is 0.478 e. The fourth-order valence-electron chi connectivity index (χ4n) is 3.55. The molecule has 0 spiro atoms. The zero-order valence-corrected chi connectivity index (χ0v) is 30.3. The van der Waals surface area contributed by atoms with E-state index in [-0.39, 0.29) is 25.4 Å². The summed E-state index contributed by atoms with van der Waals surface area (Å²) in [6.45, 7) is 9.51. The second-order valence-corrected chi connectivity index (χ2v) is 11.8. The first-order valence-electron chi connectivity index (χ1n) is 16.8. The Kier molecular flexibility index (Phi) is 31.9. The lowest BCUT2D eigenvalue weighted by Crippen LogP contribution is -2.15. The number of aromatic carboxylic acids is 1. The molecule has 0 aliphatic rings. The minimum Gasteiger partial charge on any atom is -0.478 e. The van der Waals surface area contributed by atoms with Gasteiger partial charge in [0, 0.05) is 11.3 Å². The summed E-state index contributed by atoms with van der Waals surface area (Å²) in [5.41, 5.74) is 2.60. The summed E-state index contributed by atoms with van der Waals surface area (Å²) < 4.78 is 77.3. The van der Waals surface area contributed by atoms with Gasteiger partial charge in [-0.15, -0.1) is 6.42 Å². The van der Waals surface area contributed by atoms with Gasteiger partial charge in [-0.2, -0.15) is 0 Å². The van der Waals surface area contributed by atoms with Crippen LogP contribution in [-0.4, -0.2) is 175 Å². The first kappa shape index (κ1) is 46.8. The first-order valence-corrected chi connectivity index (χ1v) is 18.4. The van der Waals surface area contributed by atoms with Crippen molar-refractivity contribution >= 4 is 19.2 Å². The number of hydrogen-bond acceptors (Lipinski definition) is 15. The van der Waals surface area contributed by atoms with Gasteiger partial charge in [0.05, 0.1) is 164 Å². The summed E-state index contributed by atoms with van der Waals surface area (Å²) >= 11 is 0. The summed E-state index contributed by atoms with van der Waals surface area (Å²) in [5, 5.41) is 20.2. The molecule has 3 N–H and O–H groups in total. The number of carbonyl (C=O) groups is 1. The molecule has 0 amide bonds. The number of carboxylic acid groups (broad SMARTS) is 1. The van der Waals surface area contributed by atoms with E-state index in [1.54, 1.807) is 0 Å². The summed E-state index contributed by atoms with van der Waals surface area (Å²) in [6.07, 6.45) is 5.36. The molecule has 0 saturated heterocycles. The third-order valence-electron chi connectivity index (χ3n) is 6.03. The molecule has 0 fully saturated rings. The van der Waals surface area contributed by atoms with Crippen molar-refractivity contribution in [1.29, 1.82) is 0 Å². The van der Waals surface area contributed by atoms with Gasteiger partial charge in [0.2, 0.25) is 0 Å². The molecule has 1 atom stereocenters. The molecule has 1 unspecified atom stereocenters. The summed E-state index contributed by atoms with van der Waals surface area (Å²) in [6, 6.07) is 5.65.